The average molecular weight is 322 g/mol. The molecule has 6 heteroatoms. The second kappa shape index (κ2) is 6.68. The van der Waals surface area contributed by atoms with Crippen molar-refractivity contribution in [1.29, 1.82) is 0 Å². The molecule has 1 atom stereocenters. The van der Waals surface area contributed by atoms with E-state index >= 15 is 0 Å². The molecular formula is C12H14BrF2NO2. The van der Waals surface area contributed by atoms with E-state index in [1.807, 2.05) is 6.92 Å². The molecule has 1 aromatic rings. The summed E-state index contributed by atoms with van der Waals surface area (Å²) in [6, 6.07) is 0.998. The Bertz CT molecular complexity index is 440. The fourth-order valence-corrected chi connectivity index (χ4v) is 1.80. The number of unbranched alkanes of at least 4 members (excludes halogenated alkanes) is 1. The van der Waals surface area contributed by atoms with Gasteiger partial charge in [0.15, 0.2) is 0 Å². The zero-order valence-electron chi connectivity index (χ0n) is 9.84. The maximum Gasteiger partial charge on any atom is 0.326 e. The van der Waals surface area contributed by atoms with E-state index in [9.17, 15) is 13.6 Å². The Morgan fingerprint density at radius 1 is 1.44 bits per heavy atom. The third kappa shape index (κ3) is 3.94. The molecule has 0 aliphatic carbocycles. The second-order valence-corrected chi connectivity index (χ2v) is 4.78. The molecule has 0 aliphatic heterocycles. The number of rotatable bonds is 6. The topological polar surface area (TPSA) is 49.3 Å². The second-order valence-electron chi connectivity index (χ2n) is 3.92. The van der Waals surface area contributed by atoms with Crippen molar-refractivity contribution >= 4 is 27.6 Å². The van der Waals surface area contributed by atoms with Crippen LogP contribution in [0.2, 0.25) is 0 Å². The normalized spacial score (nSPS) is 12.2. The Balaban J connectivity index is 2.86. The van der Waals surface area contributed by atoms with Gasteiger partial charge in [-0.05, 0) is 28.4 Å². The lowest BCUT2D eigenvalue weighted by Gasteiger charge is -2.16. The van der Waals surface area contributed by atoms with Crippen molar-refractivity contribution in [3.8, 4) is 0 Å². The highest BCUT2D eigenvalue weighted by molar-refractivity contribution is 9.10. The van der Waals surface area contributed by atoms with Gasteiger partial charge in [0.1, 0.15) is 17.7 Å². The molecule has 0 bridgehead atoms. The number of halogens is 3. The Morgan fingerprint density at radius 3 is 2.67 bits per heavy atom. The number of aliphatic carboxylic acids is 1. The van der Waals surface area contributed by atoms with Crippen molar-refractivity contribution in [3.05, 3.63) is 28.2 Å². The van der Waals surface area contributed by atoms with Crippen LogP contribution in [0.25, 0.3) is 0 Å². The third-order valence-electron chi connectivity index (χ3n) is 2.48. The van der Waals surface area contributed by atoms with Crippen LogP contribution >= 0.6 is 15.9 Å². The quantitative estimate of drug-likeness (QED) is 0.784. The van der Waals surface area contributed by atoms with Crippen LogP contribution in [0.3, 0.4) is 0 Å². The molecule has 0 spiro atoms. The Hall–Kier alpha value is -1.17. The summed E-state index contributed by atoms with van der Waals surface area (Å²) in [5.41, 5.74) is -0.140. The van der Waals surface area contributed by atoms with Gasteiger partial charge < -0.3 is 10.4 Å². The molecule has 1 rings (SSSR count). The molecule has 2 N–H and O–H groups in total. The van der Waals surface area contributed by atoms with Crippen LogP contribution in [0.1, 0.15) is 26.2 Å². The van der Waals surface area contributed by atoms with Gasteiger partial charge in [-0.3, -0.25) is 0 Å². The van der Waals surface area contributed by atoms with Gasteiger partial charge >= 0.3 is 5.97 Å². The van der Waals surface area contributed by atoms with E-state index in [0.717, 1.165) is 18.6 Å². The van der Waals surface area contributed by atoms with Crippen LogP contribution in [0, 0.1) is 11.6 Å². The molecule has 0 aliphatic rings. The van der Waals surface area contributed by atoms with Crippen molar-refractivity contribution in [2.24, 2.45) is 0 Å². The fraction of sp³-hybridized carbons (Fsp3) is 0.417. The number of carboxylic acid groups (broad SMARTS) is 1. The maximum atomic E-state index is 13.5. The van der Waals surface area contributed by atoms with Crippen LogP contribution in [0.15, 0.2) is 16.6 Å². The van der Waals surface area contributed by atoms with Gasteiger partial charge in [-0.2, -0.15) is 0 Å². The lowest BCUT2D eigenvalue weighted by molar-refractivity contribution is -0.138. The van der Waals surface area contributed by atoms with Crippen molar-refractivity contribution in [3.63, 3.8) is 0 Å². The van der Waals surface area contributed by atoms with Gasteiger partial charge in [-0.15, -0.1) is 0 Å². The van der Waals surface area contributed by atoms with E-state index in [2.05, 4.69) is 21.2 Å². The highest BCUT2D eigenvalue weighted by atomic mass is 79.9. The summed E-state index contributed by atoms with van der Waals surface area (Å²) in [7, 11) is 0. The zero-order valence-corrected chi connectivity index (χ0v) is 11.4. The van der Waals surface area contributed by atoms with Crippen LogP contribution in [0.5, 0.6) is 0 Å². The molecule has 18 heavy (non-hydrogen) atoms. The van der Waals surface area contributed by atoms with E-state index in [1.54, 1.807) is 0 Å². The number of hydrogen-bond donors (Lipinski definition) is 2. The Morgan fingerprint density at radius 2 is 2.11 bits per heavy atom. The number of carboxylic acids is 1. The maximum absolute atomic E-state index is 13.5. The number of nitrogens with one attached hydrogen (secondary N) is 1. The van der Waals surface area contributed by atoms with Crippen LogP contribution in [-0.2, 0) is 4.79 Å². The van der Waals surface area contributed by atoms with Crippen molar-refractivity contribution in [2.75, 3.05) is 5.32 Å². The molecule has 3 nitrogen and oxygen atoms in total. The molecule has 1 aromatic carbocycles. The minimum Gasteiger partial charge on any atom is -0.480 e. The van der Waals surface area contributed by atoms with Gasteiger partial charge in [0, 0.05) is 6.07 Å². The van der Waals surface area contributed by atoms with Crippen LogP contribution in [0.4, 0.5) is 14.5 Å². The molecule has 0 heterocycles. The summed E-state index contributed by atoms with van der Waals surface area (Å²) >= 11 is 2.86. The summed E-state index contributed by atoms with van der Waals surface area (Å²) in [6.07, 6.45) is 1.90. The summed E-state index contributed by atoms with van der Waals surface area (Å²) in [4.78, 5) is 11.0. The molecule has 0 saturated carbocycles. The number of benzene rings is 1. The molecule has 1 unspecified atom stereocenters. The van der Waals surface area contributed by atoms with E-state index < -0.39 is 23.6 Å². The first-order valence-corrected chi connectivity index (χ1v) is 6.39. The van der Waals surface area contributed by atoms with Gasteiger partial charge in [0.25, 0.3) is 0 Å². The largest absolute Gasteiger partial charge is 0.480 e. The smallest absolute Gasteiger partial charge is 0.326 e. The first-order valence-electron chi connectivity index (χ1n) is 5.59. The van der Waals surface area contributed by atoms with Crippen LogP contribution in [-0.4, -0.2) is 17.1 Å². The third-order valence-corrected chi connectivity index (χ3v) is 3.09. The molecule has 0 amide bonds. The first-order chi connectivity index (χ1) is 8.45. The van der Waals surface area contributed by atoms with E-state index in [4.69, 9.17) is 5.11 Å². The summed E-state index contributed by atoms with van der Waals surface area (Å²) in [6.45, 7) is 1.93. The number of hydrogen-bond acceptors (Lipinski definition) is 2. The van der Waals surface area contributed by atoms with Crippen molar-refractivity contribution < 1.29 is 18.7 Å². The molecule has 0 aromatic heterocycles. The zero-order chi connectivity index (χ0) is 13.7. The first kappa shape index (κ1) is 14.9. The van der Waals surface area contributed by atoms with Crippen molar-refractivity contribution in [2.45, 2.75) is 32.2 Å². The van der Waals surface area contributed by atoms with Crippen molar-refractivity contribution in [1.82, 2.24) is 0 Å². The van der Waals surface area contributed by atoms with Gasteiger partial charge in [0.2, 0.25) is 0 Å². The molecule has 0 saturated heterocycles. The molecule has 100 valence electrons. The Labute approximate surface area is 112 Å². The lowest BCUT2D eigenvalue weighted by Crippen LogP contribution is -2.29. The van der Waals surface area contributed by atoms with Gasteiger partial charge in [-0.1, -0.05) is 19.8 Å². The molecule has 0 fully saturated rings. The summed E-state index contributed by atoms with van der Waals surface area (Å²) in [5.74, 6) is -2.41. The minimum atomic E-state index is -1.08. The predicted molar refractivity (Wildman–Crippen MR) is 68.6 cm³/mol. The Kier molecular flexibility index (Phi) is 5.53. The minimum absolute atomic E-state index is 0.00554. The highest BCUT2D eigenvalue weighted by Crippen LogP contribution is 2.24. The molecule has 0 radical (unpaired) electrons. The summed E-state index contributed by atoms with van der Waals surface area (Å²) < 4.78 is 26.8. The number of carbonyl (C=O) groups is 1. The van der Waals surface area contributed by atoms with Crippen LogP contribution < -0.4 is 5.32 Å². The van der Waals surface area contributed by atoms with Gasteiger partial charge in [0.05, 0.1) is 10.2 Å². The van der Waals surface area contributed by atoms with Gasteiger partial charge in [-0.25, -0.2) is 13.6 Å². The van der Waals surface area contributed by atoms with E-state index in [1.165, 1.54) is 0 Å². The average Bonchev–Trinajstić information content (AvgIpc) is 2.30. The standard InChI is InChI=1S/C12H14BrF2NO2/c1-2-3-4-10(12(17)18)16-11-6-8(14)7(13)5-9(11)15/h5-6,10,16H,2-4H2,1H3,(H,17,18). The predicted octanol–water partition coefficient (Wildman–Crippen LogP) is 3.78. The molecular weight excluding hydrogens is 308 g/mol. The van der Waals surface area contributed by atoms with E-state index in [-0.39, 0.29) is 10.2 Å². The SMILES string of the molecule is CCCCC(Nc1cc(F)c(Br)cc1F)C(=O)O. The lowest BCUT2D eigenvalue weighted by atomic mass is 10.1. The monoisotopic (exact) mass is 321 g/mol. The highest BCUT2D eigenvalue weighted by Gasteiger charge is 2.19. The number of anilines is 1. The summed E-state index contributed by atoms with van der Waals surface area (Å²) in [5, 5.41) is 11.5. The van der Waals surface area contributed by atoms with E-state index in [0.29, 0.717) is 12.8 Å². The fourth-order valence-electron chi connectivity index (χ4n) is 1.49.